The minimum atomic E-state index is -0.356. The zero-order valence-corrected chi connectivity index (χ0v) is 15.1. The third-order valence-electron chi connectivity index (χ3n) is 3.66. The fourth-order valence-electron chi connectivity index (χ4n) is 2.32. The monoisotopic (exact) mass is 387 g/mol. The molecule has 132 valence electrons. The molecule has 3 rings (SSSR count). The van der Waals surface area contributed by atoms with Crippen LogP contribution in [0.1, 0.15) is 26.4 Å². The van der Waals surface area contributed by atoms with Crippen LogP contribution in [0.25, 0.3) is 0 Å². The van der Waals surface area contributed by atoms with Gasteiger partial charge in [-0.15, -0.1) is 0 Å². The van der Waals surface area contributed by atoms with Gasteiger partial charge in [-0.25, -0.2) is 0 Å². The summed E-state index contributed by atoms with van der Waals surface area (Å²) in [6, 6.07) is 17.2. The predicted molar refractivity (Wildman–Crippen MR) is 103 cm³/mol. The number of rotatable bonds is 5. The van der Waals surface area contributed by atoms with Gasteiger partial charge in [-0.3, -0.25) is 9.59 Å². The number of halogens is 2. The molecule has 0 aliphatic carbocycles. The summed E-state index contributed by atoms with van der Waals surface area (Å²) in [5.41, 5.74) is 1.63. The highest BCUT2D eigenvalue weighted by atomic mass is 35.5. The van der Waals surface area contributed by atoms with Crippen LogP contribution in [0.5, 0.6) is 0 Å². The fourth-order valence-corrected chi connectivity index (χ4v) is 2.66. The average molecular weight is 388 g/mol. The Bertz CT molecular complexity index is 936. The number of carbonyl (C=O) groups excluding carboxylic acids is 2. The molecule has 0 radical (unpaired) electrons. The van der Waals surface area contributed by atoms with Gasteiger partial charge in [-0.1, -0.05) is 47.5 Å². The third-order valence-corrected chi connectivity index (χ3v) is 4.25. The molecule has 3 aromatic rings. The Hall–Kier alpha value is -2.76. The molecule has 0 atom stereocenters. The van der Waals surface area contributed by atoms with Crippen molar-refractivity contribution in [1.29, 1.82) is 0 Å². The Kier molecular flexibility index (Phi) is 5.61. The largest absolute Gasteiger partial charge is 0.347 e. The van der Waals surface area contributed by atoms with Gasteiger partial charge in [0.25, 0.3) is 11.8 Å². The van der Waals surface area contributed by atoms with Crippen LogP contribution in [0.15, 0.2) is 60.7 Å². The van der Waals surface area contributed by atoms with Crippen molar-refractivity contribution in [2.24, 2.45) is 0 Å². The normalized spacial score (nSPS) is 10.4. The summed E-state index contributed by atoms with van der Waals surface area (Å²) < 4.78 is 0. The van der Waals surface area contributed by atoms with Crippen LogP contribution >= 0.6 is 23.2 Å². The minimum absolute atomic E-state index is 0.279. The van der Waals surface area contributed by atoms with Crippen molar-refractivity contribution >= 4 is 40.8 Å². The number of amides is 2. The summed E-state index contributed by atoms with van der Waals surface area (Å²) in [6.07, 6.45) is 0. The molecule has 0 saturated heterocycles. The molecule has 0 fully saturated rings. The number of carbonyl (C=O) groups is 2. The van der Waals surface area contributed by atoms with E-state index in [4.69, 9.17) is 23.2 Å². The maximum Gasteiger partial charge on any atom is 0.268 e. The maximum atomic E-state index is 12.2. The highest BCUT2D eigenvalue weighted by Crippen LogP contribution is 2.17. The molecule has 3 N–H and O–H groups in total. The zero-order chi connectivity index (χ0) is 18.5. The molecule has 7 heteroatoms. The first-order chi connectivity index (χ1) is 12.5. The molecule has 0 aliphatic heterocycles. The van der Waals surface area contributed by atoms with Gasteiger partial charge >= 0.3 is 0 Å². The van der Waals surface area contributed by atoms with E-state index in [0.717, 1.165) is 5.56 Å². The molecule has 0 unspecified atom stereocenters. The van der Waals surface area contributed by atoms with Gasteiger partial charge in [0, 0.05) is 11.6 Å². The van der Waals surface area contributed by atoms with Crippen LogP contribution in [0.2, 0.25) is 10.0 Å². The first-order valence-electron chi connectivity index (χ1n) is 7.80. The van der Waals surface area contributed by atoms with Crippen molar-refractivity contribution in [3.8, 4) is 0 Å². The standard InChI is InChI=1S/C19H15Cl2N3O2/c20-13-7-5-12(6-8-13)11-22-19(26)16-9-10-17(23-16)24-18(25)14-3-1-2-4-15(14)21/h1-10,23H,11H2,(H,22,26)(H,24,25). The molecule has 1 heterocycles. The second kappa shape index (κ2) is 8.08. The lowest BCUT2D eigenvalue weighted by molar-refractivity contribution is 0.0945. The highest BCUT2D eigenvalue weighted by Gasteiger charge is 2.13. The number of benzene rings is 2. The van der Waals surface area contributed by atoms with E-state index in [1.807, 2.05) is 12.1 Å². The number of aromatic amines is 1. The molecule has 0 saturated carbocycles. The summed E-state index contributed by atoms with van der Waals surface area (Å²) in [6.45, 7) is 0.371. The SMILES string of the molecule is O=C(NCc1ccc(Cl)cc1)c1ccc(NC(=O)c2ccccc2Cl)[nH]1. The molecule has 0 bridgehead atoms. The molecule has 1 aromatic heterocycles. The molecule has 26 heavy (non-hydrogen) atoms. The van der Waals surface area contributed by atoms with Gasteiger partial charge in [-0.2, -0.15) is 0 Å². The minimum Gasteiger partial charge on any atom is -0.347 e. The second-order valence-corrected chi connectivity index (χ2v) is 6.37. The van der Waals surface area contributed by atoms with E-state index < -0.39 is 0 Å². The van der Waals surface area contributed by atoms with Crippen molar-refractivity contribution in [3.05, 3.63) is 87.5 Å². The smallest absolute Gasteiger partial charge is 0.268 e. The Balaban J connectivity index is 1.60. The van der Waals surface area contributed by atoms with Crippen molar-refractivity contribution < 1.29 is 9.59 Å². The van der Waals surface area contributed by atoms with Gasteiger partial charge < -0.3 is 15.6 Å². The van der Waals surface area contributed by atoms with Gasteiger partial charge in [0.15, 0.2) is 0 Å². The third kappa shape index (κ3) is 4.45. The van der Waals surface area contributed by atoms with E-state index in [1.165, 1.54) is 0 Å². The molecular formula is C19H15Cl2N3O2. The lowest BCUT2D eigenvalue weighted by atomic mass is 10.2. The zero-order valence-electron chi connectivity index (χ0n) is 13.6. The second-order valence-electron chi connectivity index (χ2n) is 5.53. The average Bonchev–Trinajstić information content (AvgIpc) is 3.10. The first-order valence-corrected chi connectivity index (χ1v) is 8.56. The molecular weight excluding hydrogens is 373 g/mol. The molecule has 5 nitrogen and oxygen atoms in total. The number of anilines is 1. The number of H-pyrrole nitrogens is 1. The Morgan fingerprint density at radius 3 is 2.35 bits per heavy atom. The molecule has 2 amide bonds. The van der Waals surface area contributed by atoms with Crippen LogP contribution in [0.4, 0.5) is 5.82 Å². The van der Waals surface area contributed by atoms with E-state index in [-0.39, 0.29) is 11.8 Å². The van der Waals surface area contributed by atoms with E-state index in [1.54, 1.807) is 48.5 Å². The maximum absolute atomic E-state index is 12.2. The van der Waals surface area contributed by atoms with Crippen LogP contribution in [0, 0.1) is 0 Å². The van der Waals surface area contributed by atoms with Crippen LogP contribution < -0.4 is 10.6 Å². The number of aromatic nitrogens is 1. The van der Waals surface area contributed by atoms with Gasteiger partial charge in [-0.05, 0) is 42.0 Å². The van der Waals surface area contributed by atoms with Crippen LogP contribution in [-0.4, -0.2) is 16.8 Å². The summed E-state index contributed by atoms with van der Waals surface area (Å²) in [7, 11) is 0. The van der Waals surface area contributed by atoms with Gasteiger partial charge in [0.05, 0.1) is 10.6 Å². The van der Waals surface area contributed by atoms with Crippen molar-refractivity contribution in [1.82, 2.24) is 10.3 Å². The molecule has 0 aliphatic rings. The fraction of sp³-hybridized carbons (Fsp3) is 0.0526. The number of nitrogens with one attached hydrogen (secondary N) is 3. The highest BCUT2D eigenvalue weighted by molar-refractivity contribution is 6.34. The summed E-state index contributed by atoms with van der Waals surface area (Å²) in [4.78, 5) is 27.3. The Labute approximate surface area is 160 Å². The van der Waals surface area contributed by atoms with Crippen LogP contribution in [0.3, 0.4) is 0 Å². The van der Waals surface area contributed by atoms with Crippen molar-refractivity contribution in [3.63, 3.8) is 0 Å². The van der Waals surface area contributed by atoms with E-state index in [2.05, 4.69) is 15.6 Å². The van der Waals surface area contributed by atoms with E-state index in [0.29, 0.717) is 33.7 Å². The van der Waals surface area contributed by atoms with Gasteiger partial charge in [0.1, 0.15) is 11.5 Å². The van der Waals surface area contributed by atoms with E-state index >= 15 is 0 Å². The quantitative estimate of drug-likeness (QED) is 0.602. The first kappa shape index (κ1) is 18.0. The van der Waals surface area contributed by atoms with Gasteiger partial charge in [0.2, 0.25) is 0 Å². The summed E-state index contributed by atoms with van der Waals surface area (Å²) in [5.74, 6) is -0.227. The number of hydrogen-bond donors (Lipinski definition) is 3. The van der Waals surface area contributed by atoms with E-state index in [9.17, 15) is 9.59 Å². The summed E-state index contributed by atoms with van der Waals surface area (Å²) in [5, 5.41) is 6.48. The van der Waals surface area contributed by atoms with Crippen molar-refractivity contribution in [2.75, 3.05) is 5.32 Å². The summed E-state index contributed by atoms with van der Waals surface area (Å²) >= 11 is 11.8. The van der Waals surface area contributed by atoms with Crippen LogP contribution in [-0.2, 0) is 6.54 Å². The molecule has 2 aromatic carbocycles. The molecule has 0 spiro atoms. The predicted octanol–water partition coefficient (Wildman–Crippen LogP) is 4.50. The topological polar surface area (TPSA) is 74.0 Å². The van der Waals surface area contributed by atoms with Crippen molar-refractivity contribution in [2.45, 2.75) is 6.54 Å². The lowest BCUT2D eigenvalue weighted by Gasteiger charge is -2.06. The Morgan fingerprint density at radius 2 is 1.62 bits per heavy atom. The number of hydrogen-bond acceptors (Lipinski definition) is 2. The lowest BCUT2D eigenvalue weighted by Crippen LogP contribution is -2.23. The Morgan fingerprint density at radius 1 is 0.885 bits per heavy atom.